The van der Waals surface area contributed by atoms with Gasteiger partial charge in [0.15, 0.2) is 0 Å². The number of hydrogen-bond acceptors (Lipinski definition) is 1. The summed E-state index contributed by atoms with van der Waals surface area (Å²) in [5.41, 5.74) is 15.9. The summed E-state index contributed by atoms with van der Waals surface area (Å²) in [6, 6.07) is 73.5. The Morgan fingerprint density at radius 2 is 0.796 bits per heavy atom. The van der Waals surface area contributed by atoms with Gasteiger partial charge >= 0.3 is 0 Å². The highest BCUT2D eigenvalue weighted by molar-refractivity contribution is 5.98. The number of anilines is 3. The van der Waals surface area contributed by atoms with E-state index < -0.39 is 0 Å². The minimum Gasteiger partial charge on any atom is -0.309 e. The molecular weight excluding hydrogens is 651 g/mol. The SMILES string of the molecule is CC1(C)c2ccccc2-c2c(N(c3ccc(-c4ccc5ccccc5c4)cc3)c3ccccc3-c3ccc(-c4ccc5ccccc5c4)cc3)cccc21. The predicted molar refractivity (Wildman–Crippen MR) is 230 cm³/mol. The van der Waals surface area contributed by atoms with Gasteiger partial charge in [-0.05, 0) is 102 Å². The molecule has 0 N–H and O–H groups in total. The normalized spacial score (nSPS) is 12.8. The van der Waals surface area contributed by atoms with E-state index in [-0.39, 0.29) is 5.41 Å². The number of rotatable bonds is 6. The molecule has 0 saturated carbocycles. The lowest BCUT2D eigenvalue weighted by molar-refractivity contribution is 0.660. The lowest BCUT2D eigenvalue weighted by atomic mass is 9.82. The van der Waals surface area contributed by atoms with E-state index in [0.717, 1.165) is 11.4 Å². The molecule has 54 heavy (non-hydrogen) atoms. The van der Waals surface area contributed by atoms with Gasteiger partial charge in [0.25, 0.3) is 0 Å². The van der Waals surface area contributed by atoms with Gasteiger partial charge in [0.2, 0.25) is 0 Å². The summed E-state index contributed by atoms with van der Waals surface area (Å²) in [4.78, 5) is 2.48. The summed E-state index contributed by atoms with van der Waals surface area (Å²) in [5.74, 6) is 0. The summed E-state index contributed by atoms with van der Waals surface area (Å²) in [6.07, 6.45) is 0. The number of nitrogens with zero attached hydrogens (tertiary/aromatic N) is 1. The van der Waals surface area contributed by atoms with Crippen molar-refractivity contribution in [2.45, 2.75) is 19.3 Å². The van der Waals surface area contributed by atoms with E-state index in [1.165, 1.54) is 82.9 Å². The Bertz CT molecular complexity index is 2840. The van der Waals surface area contributed by atoms with Crippen LogP contribution in [0.5, 0.6) is 0 Å². The highest BCUT2D eigenvalue weighted by atomic mass is 15.1. The smallest absolute Gasteiger partial charge is 0.0543 e. The molecule has 0 spiro atoms. The van der Waals surface area contributed by atoms with Gasteiger partial charge in [0.05, 0.1) is 11.4 Å². The van der Waals surface area contributed by atoms with Crippen LogP contribution in [0.1, 0.15) is 25.0 Å². The van der Waals surface area contributed by atoms with Crippen molar-refractivity contribution in [3.8, 4) is 44.5 Å². The highest BCUT2D eigenvalue weighted by Gasteiger charge is 2.37. The Hall–Kier alpha value is -6.70. The molecule has 9 aromatic carbocycles. The Morgan fingerprint density at radius 3 is 1.44 bits per heavy atom. The van der Waals surface area contributed by atoms with Crippen LogP contribution in [0.3, 0.4) is 0 Å². The van der Waals surface area contributed by atoms with Crippen molar-refractivity contribution in [1.29, 1.82) is 0 Å². The fourth-order valence-electron chi connectivity index (χ4n) is 8.63. The second-order valence-corrected chi connectivity index (χ2v) is 15.0. The molecule has 256 valence electrons. The van der Waals surface area contributed by atoms with E-state index in [9.17, 15) is 0 Å². The summed E-state index contributed by atoms with van der Waals surface area (Å²) in [7, 11) is 0. The third-order valence-electron chi connectivity index (χ3n) is 11.5. The molecule has 10 rings (SSSR count). The second-order valence-electron chi connectivity index (χ2n) is 15.0. The van der Waals surface area contributed by atoms with Crippen molar-refractivity contribution >= 4 is 38.6 Å². The van der Waals surface area contributed by atoms with E-state index in [2.05, 4.69) is 219 Å². The van der Waals surface area contributed by atoms with E-state index in [0.29, 0.717) is 0 Å². The first kappa shape index (κ1) is 32.0. The molecule has 1 aliphatic rings. The third kappa shape index (κ3) is 5.32. The summed E-state index contributed by atoms with van der Waals surface area (Å²) in [5, 5.41) is 5.02. The molecule has 0 amide bonds. The van der Waals surface area contributed by atoms with E-state index in [1.54, 1.807) is 0 Å². The molecule has 0 aliphatic heterocycles. The van der Waals surface area contributed by atoms with E-state index in [1.807, 2.05) is 0 Å². The van der Waals surface area contributed by atoms with Crippen LogP contribution in [0.25, 0.3) is 66.1 Å². The van der Waals surface area contributed by atoms with Crippen LogP contribution in [0, 0.1) is 0 Å². The second kappa shape index (κ2) is 12.8. The molecule has 0 atom stereocenters. The van der Waals surface area contributed by atoms with Gasteiger partial charge in [-0.15, -0.1) is 0 Å². The molecule has 0 bridgehead atoms. The Labute approximate surface area is 317 Å². The minimum absolute atomic E-state index is 0.105. The van der Waals surface area contributed by atoms with Crippen LogP contribution in [-0.2, 0) is 5.41 Å². The monoisotopic (exact) mass is 689 g/mol. The summed E-state index contributed by atoms with van der Waals surface area (Å²) in [6.45, 7) is 4.71. The van der Waals surface area contributed by atoms with Crippen molar-refractivity contribution in [2.75, 3.05) is 4.90 Å². The molecule has 1 heteroatoms. The molecule has 0 radical (unpaired) electrons. The first-order valence-electron chi connectivity index (χ1n) is 18.8. The lowest BCUT2D eigenvalue weighted by Crippen LogP contribution is -2.16. The van der Waals surface area contributed by atoms with Gasteiger partial charge in [-0.2, -0.15) is 0 Å². The van der Waals surface area contributed by atoms with Crippen molar-refractivity contribution in [3.05, 3.63) is 211 Å². The van der Waals surface area contributed by atoms with Crippen LogP contribution in [0.15, 0.2) is 200 Å². The Balaban J connectivity index is 1.12. The molecule has 0 unspecified atom stereocenters. The molecule has 0 saturated heterocycles. The Kier molecular flexibility index (Phi) is 7.56. The number of para-hydroxylation sites is 1. The zero-order chi connectivity index (χ0) is 36.2. The van der Waals surface area contributed by atoms with Crippen LogP contribution >= 0.6 is 0 Å². The topological polar surface area (TPSA) is 3.24 Å². The molecule has 1 nitrogen and oxygen atoms in total. The van der Waals surface area contributed by atoms with Gasteiger partial charge in [-0.25, -0.2) is 0 Å². The summed E-state index contributed by atoms with van der Waals surface area (Å²) < 4.78 is 0. The van der Waals surface area contributed by atoms with Crippen LogP contribution in [0.4, 0.5) is 17.1 Å². The summed E-state index contributed by atoms with van der Waals surface area (Å²) >= 11 is 0. The predicted octanol–water partition coefficient (Wildman–Crippen LogP) is 14.8. The molecule has 0 aromatic heterocycles. The van der Waals surface area contributed by atoms with E-state index >= 15 is 0 Å². The quantitative estimate of drug-likeness (QED) is 0.168. The number of hydrogen-bond donors (Lipinski definition) is 0. The molecule has 1 aliphatic carbocycles. The van der Waals surface area contributed by atoms with Crippen molar-refractivity contribution < 1.29 is 0 Å². The molecular formula is C53H39N. The molecule has 0 heterocycles. The average Bonchev–Trinajstić information content (AvgIpc) is 3.47. The zero-order valence-corrected chi connectivity index (χ0v) is 30.5. The van der Waals surface area contributed by atoms with Crippen molar-refractivity contribution in [2.24, 2.45) is 0 Å². The standard InChI is InChI=1S/C53H39N/c1-53(2)48-18-9-7-17-47(48)52-49(53)19-11-21-51(52)54(45-32-30-39(31-33-45)44-29-25-37-13-4-6-15-42(37)35-44)50-20-10-8-16-46(50)40-26-22-38(23-27-40)43-28-24-36-12-3-5-14-41(36)34-43/h3-35H,1-2H3. The number of benzene rings is 9. The first-order chi connectivity index (χ1) is 26.5. The zero-order valence-electron chi connectivity index (χ0n) is 30.5. The van der Waals surface area contributed by atoms with Crippen LogP contribution in [-0.4, -0.2) is 0 Å². The largest absolute Gasteiger partial charge is 0.309 e. The van der Waals surface area contributed by atoms with Gasteiger partial charge in [0.1, 0.15) is 0 Å². The van der Waals surface area contributed by atoms with Gasteiger partial charge in [0, 0.05) is 22.2 Å². The van der Waals surface area contributed by atoms with Gasteiger partial charge in [-0.1, -0.05) is 178 Å². The maximum Gasteiger partial charge on any atom is 0.0543 e. The molecule has 9 aromatic rings. The maximum absolute atomic E-state index is 2.48. The lowest BCUT2D eigenvalue weighted by Gasteiger charge is -2.30. The Morgan fingerprint density at radius 1 is 0.333 bits per heavy atom. The molecule has 0 fully saturated rings. The van der Waals surface area contributed by atoms with Gasteiger partial charge < -0.3 is 4.90 Å². The first-order valence-corrected chi connectivity index (χ1v) is 18.8. The van der Waals surface area contributed by atoms with Crippen LogP contribution < -0.4 is 4.90 Å². The fraction of sp³-hybridized carbons (Fsp3) is 0.0566. The fourth-order valence-corrected chi connectivity index (χ4v) is 8.63. The highest BCUT2D eigenvalue weighted by Crippen LogP contribution is 2.55. The average molecular weight is 690 g/mol. The van der Waals surface area contributed by atoms with E-state index in [4.69, 9.17) is 0 Å². The minimum atomic E-state index is -0.105. The van der Waals surface area contributed by atoms with Crippen molar-refractivity contribution in [3.63, 3.8) is 0 Å². The third-order valence-corrected chi connectivity index (χ3v) is 11.5. The van der Waals surface area contributed by atoms with Gasteiger partial charge in [-0.3, -0.25) is 0 Å². The number of fused-ring (bicyclic) bond motifs is 5. The van der Waals surface area contributed by atoms with Crippen molar-refractivity contribution in [1.82, 2.24) is 0 Å². The van der Waals surface area contributed by atoms with Crippen LogP contribution in [0.2, 0.25) is 0 Å². The maximum atomic E-state index is 2.48.